The minimum atomic E-state index is -0.225. The lowest BCUT2D eigenvalue weighted by Crippen LogP contribution is -2.24. The molecular weight excluding hydrogens is 397 g/mol. The summed E-state index contributed by atoms with van der Waals surface area (Å²) in [6, 6.07) is 13.7. The van der Waals surface area contributed by atoms with Gasteiger partial charge in [-0.3, -0.25) is 0 Å². The molecule has 0 aliphatic heterocycles. The lowest BCUT2D eigenvalue weighted by atomic mass is 9.98. The summed E-state index contributed by atoms with van der Waals surface area (Å²) in [5, 5.41) is 3.54. The number of halogens is 3. The van der Waals surface area contributed by atoms with Gasteiger partial charge in [0.1, 0.15) is 5.82 Å². The minimum absolute atomic E-state index is 0.183. The van der Waals surface area contributed by atoms with Crippen molar-refractivity contribution < 1.29 is 4.39 Å². The van der Waals surface area contributed by atoms with Crippen molar-refractivity contribution >= 4 is 31.9 Å². The molecule has 0 heterocycles. The Hall–Kier alpha value is -0.710. The summed E-state index contributed by atoms with van der Waals surface area (Å²) in [6.07, 6.45) is 1.95. The summed E-state index contributed by atoms with van der Waals surface area (Å²) in [4.78, 5) is 0. The first-order valence-corrected chi connectivity index (χ1v) is 8.61. The van der Waals surface area contributed by atoms with Crippen LogP contribution < -0.4 is 5.32 Å². The van der Waals surface area contributed by atoms with Gasteiger partial charge in [0.05, 0.1) is 4.47 Å². The molecule has 0 aliphatic rings. The molecule has 1 atom stereocenters. The minimum Gasteiger partial charge on any atom is -0.310 e. The molecule has 0 spiro atoms. The van der Waals surface area contributed by atoms with Gasteiger partial charge in [0.15, 0.2) is 0 Å². The van der Waals surface area contributed by atoms with E-state index in [4.69, 9.17) is 0 Å². The van der Waals surface area contributed by atoms with Crippen molar-refractivity contribution in [2.24, 2.45) is 0 Å². The molecule has 1 nitrogen and oxygen atoms in total. The Kier molecular flexibility index (Phi) is 6.40. The molecule has 2 aromatic carbocycles. The zero-order valence-corrected chi connectivity index (χ0v) is 15.0. The standard InChI is InChI=1S/C17H18Br2FN/c1-2-9-21-17(10-12-3-6-14(18)7-4-12)13-5-8-16(20)15(19)11-13/h3-8,11,17,21H,2,9-10H2,1H3. The third kappa shape index (κ3) is 4.90. The first kappa shape index (κ1) is 16.7. The molecule has 0 aliphatic carbocycles. The average molecular weight is 415 g/mol. The van der Waals surface area contributed by atoms with Gasteiger partial charge in [-0.1, -0.05) is 41.1 Å². The summed E-state index contributed by atoms with van der Waals surface area (Å²) in [6.45, 7) is 3.08. The Morgan fingerprint density at radius 2 is 1.81 bits per heavy atom. The molecule has 1 unspecified atom stereocenters. The van der Waals surface area contributed by atoms with E-state index in [1.807, 2.05) is 24.3 Å². The second kappa shape index (κ2) is 8.06. The predicted molar refractivity (Wildman–Crippen MR) is 93.0 cm³/mol. The first-order chi connectivity index (χ1) is 10.1. The molecular formula is C17H18Br2FN. The van der Waals surface area contributed by atoms with Crippen molar-refractivity contribution in [1.29, 1.82) is 0 Å². The highest BCUT2D eigenvalue weighted by Gasteiger charge is 2.13. The van der Waals surface area contributed by atoms with Crippen molar-refractivity contribution in [2.75, 3.05) is 6.54 Å². The number of benzene rings is 2. The van der Waals surface area contributed by atoms with E-state index in [9.17, 15) is 4.39 Å². The molecule has 112 valence electrons. The van der Waals surface area contributed by atoms with Crippen LogP contribution in [0.2, 0.25) is 0 Å². The van der Waals surface area contributed by atoms with Crippen LogP contribution in [0.25, 0.3) is 0 Å². The number of rotatable bonds is 6. The lowest BCUT2D eigenvalue weighted by Gasteiger charge is -2.20. The highest BCUT2D eigenvalue weighted by molar-refractivity contribution is 9.10. The third-order valence-corrected chi connectivity index (χ3v) is 4.48. The van der Waals surface area contributed by atoms with Crippen LogP contribution >= 0.6 is 31.9 Å². The van der Waals surface area contributed by atoms with E-state index < -0.39 is 0 Å². The van der Waals surface area contributed by atoms with Crippen LogP contribution in [0.1, 0.15) is 30.5 Å². The van der Waals surface area contributed by atoms with Crippen LogP contribution in [0.5, 0.6) is 0 Å². The van der Waals surface area contributed by atoms with Crippen molar-refractivity contribution in [3.63, 3.8) is 0 Å². The Bertz CT molecular complexity index is 584. The summed E-state index contributed by atoms with van der Waals surface area (Å²) < 4.78 is 15.0. The Morgan fingerprint density at radius 1 is 1.10 bits per heavy atom. The molecule has 2 aromatic rings. The smallest absolute Gasteiger partial charge is 0.137 e. The molecule has 4 heteroatoms. The molecule has 0 aromatic heterocycles. The van der Waals surface area contributed by atoms with E-state index in [1.165, 1.54) is 11.6 Å². The van der Waals surface area contributed by atoms with Crippen molar-refractivity contribution in [3.05, 3.63) is 68.4 Å². The van der Waals surface area contributed by atoms with Crippen molar-refractivity contribution in [2.45, 2.75) is 25.8 Å². The normalized spacial score (nSPS) is 12.4. The van der Waals surface area contributed by atoms with E-state index in [0.717, 1.165) is 29.4 Å². The SMILES string of the molecule is CCCNC(Cc1ccc(Br)cc1)c1ccc(F)c(Br)c1. The van der Waals surface area contributed by atoms with E-state index in [2.05, 4.69) is 56.2 Å². The monoisotopic (exact) mass is 413 g/mol. The Balaban J connectivity index is 2.20. The third-order valence-electron chi connectivity index (χ3n) is 3.34. The molecule has 1 N–H and O–H groups in total. The topological polar surface area (TPSA) is 12.0 Å². The van der Waals surface area contributed by atoms with Gasteiger partial charge in [0, 0.05) is 10.5 Å². The van der Waals surface area contributed by atoms with Crippen LogP contribution in [0.4, 0.5) is 4.39 Å². The maximum Gasteiger partial charge on any atom is 0.137 e. The van der Waals surface area contributed by atoms with Crippen LogP contribution in [0, 0.1) is 5.82 Å². The fourth-order valence-corrected chi connectivity index (χ4v) is 2.87. The van der Waals surface area contributed by atoms with Crippen LogP contribution in [-0.2, 0) is 6.42 Å². The molecule has 0 bridgehead atoms. The van der Waals surface area contributed by atoms with E-state index >= 15 is 0 Å². The maximum absolute atomic E-state index is 13.4. The van der Waals surface area contributed by atoms with Gasteiger partial charge in [-0.25, -0.2) is 4.39 Å². The van der Waals surface area contributed by atoms with Crippen molar-refractivity contribution in [1.82, 2.24) is 5.32 Å². The first-order valence-electron chi connectivity index (χ1n) is 7.03. The van der Waals surface area contributed by atoms with E-state index in [0.29, 0.717) is 4.47 Å². The fraction of sp³-hybridized carbons (Fsp3) is 0.294. The van der Waals surface area contributed by atoms with Crippen LogP contribution in [0.15, 0.2) is 51.4 Å². The highest BCUT2D eigenvalue weighted by atomic mass is 79.9. The van der Waals surface area contributed by atoms with Gasteiger partial charge in [0.25, 0.3) is 0 Å². The number of hydrogen-bond donors (Lipinski definition) is 1. The largest absolute Gasteiger partial charge is 0.310 e. The summed E-state index contributed by atoms with van der Waals surface area (Å²) in [5.74, 6) is -0.225. The zero-order chi connectivity index (χ0) is 15.2. The van der Waals surface area contributed by atoms with Gasteiger partial charge < -0.3 is 5.32 Å². The Morgan fingerprint density at radius 3 is 2.43 bits per heavy atom. The second-order valence-corrected chi connectivity index (χ2v) is 6.78. The van der Waals surface area contributed by atoms with Crippen LogP contribution in [-0.4, -0.2) is 6.54 Å². The summed E-state index contributed by atoms with van der Waals surface area (Å²) >= 11 is 6.72. The predicted octanol–water partition coefficient (Wildman–Crippen LogP) is 5.63. The lowest BCUT2D eigenvalue weighted by molar-refractivity contribution is 0.527. The molecule has 2 rings (SSSR count). The number of hydrogen-bond acceptors (Lipinski definition) is 1. The molecule has 0 saturated carbocycles. The maximum atomic E-state index is 13.4. The fourth-order valence-electron chi connectivity index (χ4n) is 2.21. The highest BCUT2D eigenvalue weighted by Crippen LogP contribution is 2.24. The van der Waals surface area contributed by atoms with Gasteiger partial charge >= 0.3 is 0 Å². The second-order valence-electron chi connectivity index (χ2n) is 5.01. The molecule has 0 amide bonds. The molecule has 0 radical (unpaired) electrons. The van der Waals surface area contributed by atoms with Crippen molar-refractivity contribution in [3.8, 4) is 0 Å². The van der Waals surface area contributed by atoms with Gasteiger partial charge in [-0.05, 0) is 70.7 Å². The van der Waals surface area contributed by atoms with Gasteiger partial charge in [0.2, 0.25) is 0 Å². The summed E-state index contributed by atoms with van der Waals surface area (Å²) in [7, 11) is 0. The zero-order valence-electron chi connectivity index (χ0n) is 11.9. The van der Waals surface area contributed by atoms with Gasteiger partial charge in [-0.2, -0.15) is 0 Å². The Labute approximate surface area is 142 Å². The molecule has 0 saturated heterocycles. The average Bonchev–Trinajstić information content (AvgIpc) is 2.48. The van der Waals surface area contributed by atoms with Gasteiger partial charge in [-0.15, -0.1) is 0 Å². The number of nitrogens with one attached hydrogen (secondary N) is 1. The summed E-state index contributed by atoms with van der Waals surface area (Å²) in [5.41, 5.74) is 2.35. The molecule has 0 fully saturated rings. The van der Waals surface area contributed by atoms with E-state index in [-0.39, 0.29) is 11.9 Å². The quantitative estimate of drug-likeness (QED) is 0.645. The molecule has 21 heavy (non-hydrogen) atoms. The van der Waals surface area contributed by atoms with Crippen LogP contribution in [0.3, 0.4) is 0 Å². The van der Waals surface area contributed by atoms with E-state index in [1.54, 1.807) is 0 Å².